The Labute approximate surface area is 264 Å². The summed E-state index contributed by atoms with van der Waals surface area (Å²) in [6.07, 6.45) is 0.244. The van der Waals surface area contributed by atoms with Crippen molar-refractivity contribution in [2.75, 3.05) is 17.6 Å². The molecule has 2 amide bonds. The Kier molecular flexibility index (Phi) is 8.28. The molecule has 0 saturated carbocycles. The smallest absolute Gasteiger partial charge is 0.270 e. The van der Waals surface area contributed by atoms with Gasteiger partial charge in [-0.05, 0) is 76.3 Å². The molecule has 5 aromatic carbocycles. The topological polar surface area (TPSA) is 145 Å². The highest BCUT2D eigenvalue weighted by Crippen LogP contribution is 2.35. The number of nitrogens with one attached hydrogen (secondary N) is 2. The molecule has 6 aromatic rings. The van der Waals surface area contributed by atoms with E-state index < -0.39 is 17.9 Å². The summed E-state index contributed by atoms with van der Waals surface area (Å²) in [7, 11) is 0. The van der Waals surface area contributed by atoms with Crippen LogP contribution in [0.4, 0.5) is 15.9 Å². The molecule has 9 nitrogen and oxygen atoms in total. The zero-order valence-corrected chi connectivity index (χ0v) is 25.0. The van der Waals surface area contributed by atoms with Crippen LogP contribution in [-0.4, -0.2) is 40.1 Å². The first kappa shape index (κ1) is 30.2. The van der Waals surface area contributed by atoms with Gasteiger partial charge in [0.2, 0.25) is 5.91 Å². The summed E-state index contributed by atoms with van der Waals surface area (Å²) >= 11 is 0. The minimum atomic E-state index is -0.923. The summed E-state index contributed by atoms with van der Waals surface area (Å²) in [5.41, 5.74) is 16.3. The van der Waals surface area contributed by atoms with E-state index in [4.69, 9.17) is 11.5 Å². The number of rotatable bonds is 8. The molecule has 0 bridgehead atoms. The van der Waals surface area contributed by atoms with E-state index >= 15 is 0 Å². The second-order valence-electron chi connectivity index (χ2n) is 11.0. The van der Waals surface area contributed by atoms with Crippen molar-refractivity contribution in [1.29, 1.82) is 0 Å². The summed E-state index contributed by atoms with van der Waals surface area (Å²) in [5.74, 6) is -1.41. The lowest BCUT2D eigenvalue weighted by molar-refractivity contribution is -0.120. The highest BCUT2D eigenvalue weighted by atomic mass is 19.1. The zero-order valence-electron chi connectivity index (χ0n) is 25.0. The first-order valence-electron chi connectivity index (χ1n) is 14.7. The third-order valence-corrected chi connectivity index (χ3v) is 7.90. The highest BCUT2D eigenvalue weighted by Gasteiger charge is 2.26. The number of nitrogens with zero attached hydrogens (tertiary/aromatic N) is 2. The Bertz CT molecular complexity index is 2130. The molecule has 0 aliphatic heterocycles. The van der Waals surface area contributed by atoms with Crippen LogP contribution in [0, 0.1) is 12.7 Å². The van der Waals surface area contributed by atoms with Gasteiger partial charge in [0.25, 0.3) is 11.8 Å². The van der Waals surface area contributed by atoms with Crippen LogP contribution < -0.4 is 22.1 Å². The number of hydrogen-bond acceptors (Lipinski definition) is 6. The molecule has 6 rings (SSSR count). The van der Waals surface area contributed by atoms with Crippen LogP contribution in [-0.2, 0) is 11.2 Å². The van der Waals surface area contributed by atoms with Crippen molar-refractivity contribution in [2.45, 2.75) is 19.4 Å². The van der Waals surface area contributed by atoms with Gasteiger partial charge in [0, 0.05) is 17.7 Å². The van der Waals surface area contributed by atoms with Gasteiger partial charge in [0.05, 0.1) is 17.4 Å². The molecule has 10 heteroatoms. The Balaban J connectivity index is 1.35. The maximum absolute atomic E-state index is 13.9. The van der Waals surface area contributed by atoms with E-state index in [1.807, 2.05) is 66.7 Å². The molecule has 1 heterocycles. The van der Waals surface area contributed by atoms with Crippen molar-refractivity contribution >= 4 is 50.9 Å². The number of amides is 2. The SMILES string of the molecule is Cc1cc(NC(=O)c2cccc3cc(-c4cccc5c4c(N)nn5C(=O)[C@@H](Cc4ccccc4)NC(=O)CN)ccc23)ccc1F. The van der Waals surface area contributed by atoms with Crippen LogP contribution in [0.5, 0.6) is 0 Å². The third kappa shape index (κ3) is 5.93. The molecule has 1 aromatic heterocycles. The van der Waals surface area contributed by atoms with E-state index in [0.29, 0.717) is 27.7 Å². The highest BCUT2D eigenvalue weighted by molar-refractivity contribution is 6.14. The molecule has 0 unspecified atom stereocenters. The van der Waals surface area contributed by atoms with Gasteiger partial charge >= 0.3 is 0 Å². The molecule has 6 N–H and O–H groups in total. The van der Waals surface area contributed by atoms with Crippen LogP contribution in [0.15, 0.2) is 103 Å². The molecule has 0 spiro atoms. The maximum atomic E-state index is 13.9. The first-order valence-corrected chi connectivity index (χ1v) is 14.7. The number of hydrogen-bond donors (Lipinski definition) is 4. The quantitative estimate of drug-likeness (QED) is 0.179. The molecular weight excluding hydrogens is 583 g/mol. The molecule has 0 saturated heterocycles. The number of carbonyl (C=O) groups is 3. The number of anilines is 2. The Hall–Kier alpha value is -5.87. The van der Waals surface area contributed by atoms with Gasteiger partial charge in [0.15, 0.2) is 5.82 Å². The van der Waals surface area contributed by atoms with Crippen molar-refractivity contribution < 1.29 is 18.8 Å². The van der Waals surface area contributed by atoms with E-state index in [9.17, 15) is 18.8 Å². The number of nitrogens with two attached hydrogens (primary N) is 2. The average Bonchev–Trinajstić information content (AvgIpc) is 3.41. The molecule has 0 aliphatic carbocycles. The average molecular weight is 615 g/mol. The van der Waals surface area contributed by atoms with Crippen molar-refractivity contribution in [3.63, 3.8) is 0 Å². The number of nitrogen functional groups attached to an aromatic ring is 1. The van der Waals surface area contributed by atoms with Gasteiger partial charge in [-0.15, -0.1) is 5.10 Å². The first-order chi connectivity index (χ1) is 22.2. The van der Waals surface area contributed by atoms with Gasteiger partial charge < -0.3 is 22.1 Å². The van der Waals surface area contributed by atoms with Crippen LogP contribution >= 0.6 is 0 Å². The van der Waals surface area contributed by atoms with E-state index in [1.54, 1.807) is 31.2 Å². The monoisotopic (exact) mass is 614 g/mol. The minimum absolute atomic E-state index is 0.158. The summed E-state index contributed by atoms with van der Waals surface area (Å²) in [6.45, 7) is 1.38. The number of aromatic nitrogens is 2. The standard InChI is InChI=1S/C36H31FN6O3/c1-21-17-25(14-16-29(21)37)40-35(45)28-11-5-9-23-19-24(13-15-26(23)28)27-10-6-12-31-33(27)34(39)42-43(31)36(46)30(41-32(44)20-38)18-22-7-3-2-4-8-22/h2-17,19,30H,18,20,38H2,1H3,(H2,39,42)(H,40,45)(H,41,44)/t30-/m1/s1. The largest absolute Gasteiger partial charge is 0.382 e. The molecule has 0 fully saturated rings. The molecule has 0 radical (unpaired) electrons. The van der Waals surface area contributed by atoms with Crippen LogP contribution in [0.25, 0.3) is 32.8 Å². The fraction of sp³-hybridized carbons (Fsp3) is 0.111. The summed E-state index contributed by atoms with van der Waals surface area (Å²) in [5, 5.41) is 12.1. The van der Waals surface area contributed by atoms with Gasteiger partial charge in [0.1, 0.15) is 11.9 Å². The predicted octanol–water partition coefficient (Wildman–Crippen LogP) is 5.46. The van der Waals surface area contributed by atoms with Crippen LogP contribution in [0.3, 0.4) is 0 Å². The summed E-state index contributed by atoms with van der Waals surface area (Å²) < 4.78 is 15.0. The van der Waals surface area contributed by atoms with E-state index in [1.165, 1.54) is 16.8 Å². The summed E-state index contributed by atoms with van der Waals surface area (Å²) in [6, 6.07) is 29.4. The fourth-order valence-corrected chi connectivity index (χ4v) is 5.63. The van der Waals surface area contributed by atoms with Gasteiger partial charge in [-0.2, -0.15) is 4.68 Å². The maximum Gasteiger partial charge on any atom is 0.270 e. The number of halogens is 1. The van der Waals surface area contributed by atoms with Crippen molar-refractivity contribution in [3.8, 4) is 11.1 Å². The predicted molar refractivity (Wildman–Crippen MR) is 178 cm³/mol. The number of carbonyl (C=O) groups excluding carboxylic acids is 3. The van der Waals surface area contributed by atoms with Crippen molar-refractivity contribution in [2.24, 2.45) is 5.73 Å². The van der Waals surface area contributed by atoms with E-state index in [-0.39, 0.29) is 30.5 Å². The molecular formula is C36H31FN6O3. The Morgan fingerprint density at radius 1 is 0.913 bits per heavy atom. The Morgan fingerprint density at radius 2 is 1.70 bits per heavy atom. The van der Waals surface area contributed by atoms with E-state index in [2.05, 4.69) is 15.7 Å². The van der Waals surface area contributed by atoms with E-state index in [0.717, 1.165) is 27.5 Å². The molecule has 0 aliphatic rings. The molecule has 1 atom stereocenters. The molecule has 230 valence electrons. The van der Waals surface area contributed by atoms with Crippen molar-refractivity contribution in [3.05, 3.63) is 126 Å². The van der Waals surface area contributed by atoms with Gasteiger partial charge in [-0.1, -0.05) is 66.7 Å². The normalized spacial score (nSPS) is 11.8. The fourth-order valence-electron chi connectivity index (χ4n) is 5.63. The lowest BCUT2D eigenvalue weighted by Crippen LogP contribution is -2.47. The van der Waals surface area contributed by atoms with Crippen molar-refractivity contribution in [1.82, 2.24) is 15.1 Å². The third-order valence-electron chi connectivity index (χ3n) is 7.90. The van der Waals surface area contributed by atoms with Crippen LogP contribution in [0.1, 0.15) is 26.3 Å². The van der Waals surface area contributed by atoms with Gasteiger partial charge in [-0.3, -0.25) is 14.4 Å². The summed E-state index contributed by atoms with van der Waals surface area (Å²) in [4.78, 5) is 39.3. The lowest BCUT2D eigenvalue weighted by Gasteiger charge is -2.18. The van der Waals surface area contributed by atoms with Crippen LogP contribution in [0.2, 0.25) is 0 Å². The zero-order chi connectivity index (χ0) is 32.4. The lowest BCUT2D eigenvalue weighted by atomic mass is 9.96. The van der Waals surface area contributed by atoms with Gasteiger partial charge in [-0.25, -0.2) is 4.39 Å². The number of aryl methyl sites for hydroxylation is 1. The number of benzene rings is 5. The second-order valence-corrected chi connectivity index (χ2v) is 11.0. The number of fused-ring (bicyclic) bond motifs is 2. The molecule has 46 heavy (non-hydrogen) atoms. The Morgan fingerprint density at radius 3 is 2.46 bits per heavy atom. The minimum Gasteiger partial charge on any atom is -0.382 e. The second kappa shape index (κ2) is 12.6.